The van der Waals surface area contributed by atoms with Crippen molar-refractivity contribution in [1.82, 2.24) is 19.5 Å². The molecule has 0 spiro atoms. The molecule has 0 bridgehead atoms. The number of alkyl halides is 3. The maximum atomic E-state index is 12.8. The van der Waals surface area contributed by atoms with E-state index in [0.29, 0.717) is 17.5 Å². The highest BCUT2D eigenvalue weighted by Gasteiger charge is 2.36. The van der Waals surface area contributed by atoms with Crippen LogP contribution in [0.3, 0.4) is 0 Å². The number of hydrogen-bond acceptors (Lipinski definition) is 4. The van der Waals surface area contributed by atoms with Crippen LogP contribution in [0.15, 0.2) is 6.20 Å². The Bertz CT molecular complexity index is 685. The molecule has 0 saturated heterocycles. The SMILES string of the molecule is FC(F)(F)c1ncc2nc(NC3CC3)n(C3CCC3)c2n1. The predicted molar refractivity (Wildman–Crippen MR) is 69.9 cm³/mol. The first-order valence-electron chi connectivity index (χ1n) is 7.11. The zero-order valence-corrected chi connectivity index (χ0v) is 11.2. The number of anilines is 1. The van der Waals surface area contributed by atoms with E-state index in [1.807, 2.05) is 4.57 Å². The maximum absolute atomic E-state index is 12.8. The third kappa shape index (κ3) is 2.22. The lowest BCUT2D eigenvalue weighted by Gasteiger charge is -2.28. The molecule has 0 aromatic carbocycles. The van der Waals surface area contributed by atoms with E-state index >= 15 is 0 Å². The molecule has 4 rings (SSSR count). The Hall–Kier alpha value is -1.86. The van der Waals surface area contributed by atoms with Gasteiger partial charge in [-0.2, -0.15) is 13.2 Å². The number of nitrogens with zero attached hydrogens (tertiary/aromatic N) is 4. The summed E-state index contributed by atoms with van der Waals surface area (Å²) >= 11 is 0. The summed E-state index contributed by atoms with van der Waals surface area (Å²) in [7, 11) is 0. The third-order valence-corrected chi connectivity index (χ3v) is 4.04. The number of imidazole rings is 1. The summed E-state index contributed by atoms with van der Waals surface area (Å²) < 4.78 is 40.2. The summed E-state index contributed by atoms with van der Waals surface area (Å²) in [6.07, 6.45) is 1.78. The number of halogens is 3. The summed E-state index contributed by atoms with van der Waals surface area (Å²) in [5.74, 6) is -0.473. The van der Waals surface area contributed by atoms with E-state index in [1.54, 1.807) is 0 Å². The van der Waals surface area contributed by atoms with Crippen molar-refractivity contribution in [3.8, 4) is 0 Å². The minimum Gasteiger partial charge on any atom is -0.353 e. The van der Waals surface area contributed by atoms with Crippen molar-refractivity contribution in [2.75, 3.05) is 5.32 Å². The molecule has 1 N–H and O–H groups in total. The minimum atomic E-state index is -4.53. The Balaban J connectivity index is 1.84. The van der Waals surface area contributed by atoms with Gasteiger partial charge in [-0.3, -0.25) is 4.57 Å². The Morgan fingerprint density at radius 2 is 1.90 bits per heavy atom. The normalized spacial score (nSPS) is 19.8. The minimum absolute atomic E-state index is 0.187. The average molecular weight is 297 g/mol. The topological polar surface area (TPSA) is 55.6 Å². The summed E-state index contributed by atoms with van der Waals surface area (Å²) in [6.45, 7) is 0. The van der Waals surface area contributed by atoms with Crippen molar-refractivity contribution in [3.05, 3.63) is 12.0 Å². The molecular formula is C13H14F3N5. The van der Waals surface area contributed by atoms with Crippen molar-refractivity contribution >= 4 is 17.1 Å². The van der Waals surface area contributed by atoms with Gasteiger partial charge in [-0.05, 0) is 32.1 Å². The lowest BCUT2D eigenvalue weighted by atomic mass is 9.93. The van der Waals surface area contributed by atoms with E-state index in [9.17, 15) is 13.2 Å². The summed E-state index contributed by atoms with van der Waals surface area (Å²) in [4.78, 5) is 11.5. The van der Waals surface area contributed by atoms with E-state index in [2.05, 4.69) is 20.3 Å². The van der Waals surface area contributed by atoms with E-state index in [1.165, 1.54) is 6.20 Å². The van der Waals surface area contributed by atoms with Crippen LogP contribution in [0.4, 0.5) is 19.1 Å². The average Bonchev–Trinajstić information content (AvgIpc) is 3.09. The molecule has 2 aliphatic carbocycles. The van der Waals surface area contributed by atoms with Gasteiger partial charge in [0.05, 0.1) is 6.20 Å². The largest absolute Gasteiger partial charge is 0.451 e. The van der Waals surface area contributed by atoms with Crippen LogP contribution >= 0.6 is 0 Å². The first-order valence-corrected chi connectivity index (χ1v) is 7.11. The monoisotopic (exact) mass is 297 g/mol. The fraction of sp³-hybridized carbons (Fsp3) is 0.615. The molecule has 0 unspecified atom stereocenters. The molecule has 5 nitrogen and oxygen atoms in total. The van der Waals surface area contributed by atoms with E-state index in [4.69, 9.17) is 0 Å². The van der Waals surface area contributed by atoms with Crippen molar-refractivity contribution in [2.24, 2.45) is 0 Å². The lowest BCUT2D eigenvalue weighted by molar-refractivity contribution is -0.144. The second kappa shape index (κ2) is 4.32. The third-order valence-electron chi connectivity index (χ3n) is 4.04. The zero-order chi connectivity index (χ0) is 14.6. The van der Waals surface area contributed by atoms with Crippen molar-refractivity contribution < 1.29 is 13.2 Å². The van der Waals surface area contributed by atoms with Gasteiger partial charge in [-0.15, -0.1) is 0 Å². The van der Waals surface area contributed by atoms with Crippen LogP contribution in [0.25, 0.3) is 11.2 Å². The molecule has 112 valence electrons. The van der Waals surface area contributed by atoms with E-state index < -0.39 is 12.0 Å². The number of aromatic nitrogens is 4. The van der Waals surface area contributed by atoms with E-state index in [0.717, 1.165) is 32.1 Å². The van der Waals surface area contributed by atoms with Gasteiger partial charge in [0, 0.05) is 12.1 Å². The quantitative estimate of drug-likeness (QED) is 0.945. The molecule has 2 aromatic heterocycles. The van der Waals surface area contributed by atoms with Crippen LogP contribution in [0.5, 0.6) is 0 Å². The maximum Gasteiger partial charge on any atom is 0.451 e. The van der Waals surface area contributed by atoms with Gasteiger partial charge in [0.1, 0.15) is 5.52 Å². The van der Waals surface area contributed by atoms with Gasteiger partial charge in [-0.25, -0.2) is 15.0 Å². The second-order valence-corrected chi connectivity index (χ2v) is 5.71. The number of hydrogen-bond donors (Lipinski definition) is 1. The number of nitrogens with one attached hydrogen (secondary N) is 1. The highest BCUT2D eigenvalue weighted by molar-refractivity contribution is 5.74. The molecule has 0 amide bonds. The molecule has 2 fully saturated rings. The first-order chi connectivity index (χ1) is 10.0. The van der Waals surface area contributed by atoms with Gasteiger partial charge in [0.15, 0.2) is 5.65 Å². The first kappa shape index (κ1) is 12.8. The highest BCUT2D eigenvalue weighted by atomic mass is 19.4. The van der Waals surface area contributed by atoms with Gasteiger partial charge >= 0.3 is 6.18 Å². The molecule has 0 radical (unpaired) electrons. The predicted octanol–water partition coefficient (Wildman–Crippen LogP) is 3.14. The number of fused-ring (bicyclic) bond motifs is 1. The molecule has 8 heteroatoms. The Labute approximate surface area is 118 Å². The van der Waals surface area contributed by atoms with Gasteiger partial charge in [-0.1, -0.05) is 0 Å². The van der Waals surface area contributed by atoms with Crippen molar-refractivity contribution in [2.45, 2.75) is 50.4 Å². The summed E-state index contributed by atoms with van der Waals surface area (Å²) in [5, 5.41) is 3.28. The van der Waals surface area contributed by atoms with Gasteiger partial charge in [0.25, 0.3) is 0 Å². The second-order valence-electron chi connectivity index (χ2n) is 5.71. The Morgan fingerprint density at radius 1 is 1.14 bits per heavy atom. The Morgan fingerprint density at radius 3 is 2.48 bits per heavy atom. The van der Waals surface area contributed by atoms with E-state index in [-0.39, 0.29) is 11.7 Å². The van der Waals surface area contributed by atoms with Crippen LogP contribution in [-0.2, 0) is 6.18 Å². The molecule has 2 saturated carbocycles. The molecule has 21 heavy (non-hydrogen) atoms. The molecular weight excluding hydrogens is 283 g/mol. The van der Waals surface area contributed by atoms with Crippen LogP contribution in [-0.4, -0.2) is 25.6 Å². The van der Waals surface area contributed by atoms with Crippen LogP contribution in [0.1, 0.15) is 44.0 Å². The smallest absolute Gasteiger partial charge is 0.353 e. The number of rotatable bonds is 3. The zero-order valence-electron chi connectivity index (χ0n) is 11.2. The molecule has 0 aliphatic heterocycles. The van der Waals surface area contributed by atoms with Gasteiger partial charge in [0.2, 0.25) is 11.8 Å². The fourth-order valence-electron chi connectivity index (χ4n) is 2.53. The molecule has 2 heterocycles. The van der Waals surface area contributed by atoms with Crippen LogP contribution in [0.2, 0.25) is 0 Å². The summed E-state index contributed by atoms with van der Waals surface area (Å²) in [5.41, 5.74) is 0.697. The Kier molecular flexibility index (Phi) is 2.64. The molecule has 0 atom stereocenters. The van der Waals surface area contributed by atoms with Crippen molar-refractivity contribution in [3.63, 3.8) is 0 Å². The standard InChI is InChI=1S/C13H14F3N5/c14-13(15,16)11-17-6-9-10(20-11)21(8-2-1-3-8)12(19-9)18-7-4-5-7/h6-8H,1-5H2,(H,18,19). The van der Waals surface area contributed by atoms with Crippen molar-refractivity contribution in [1.29, 1.82) is 0 Å². The van der Waals surface area contributed by atoms with Crippen LogP contribution < -0.4 is 5.32 Å². The van der Waals surface area contributed by atoms with Gasteiger partial charge < -0.3 is 5.32 Å². The molecule has 2 aliphatic rings. The van der Waals surface area contributed by atoms with Crippen LogP contribution in [0, 0.1) is 0 Å². The molecule has 2 aromatic rings. The summed E-state index contributed by atoms with van der Waals surface area (Å²) in [6, 6.07) is 0.572. The highest BCUT2D eigenvalue weighted by Crippen LogP contribution is 2.38. The lowest BCUT2D eigenvalue weighted by Crippen LogP contribution is -2.21. The fourth-order valence-corrected chi connectivity index (χ4v) is 2.53.